The normalized spacial score (nSPS) is 21.2. The van der Waals surface area contributed by atoms with Gasteiger partial charge >= 0.3 is 6.16 Å². The van der Waals surface area contributed by atoms with Crippen molar-refractivity contribution in [3.8, 4) is 0 Å². The first-order valence-corrected chi connectivity index (χ1v) is 9.24. The first kappa shape index (κ1) is 19.7. The molecule has 3 N–H and O–H groups in total. The summed E-state index contributed by atoms with van der Waals surface area (Å²) in [6.45, 7) is 0. The maximum absolute atomic E-state index is 12.7. The topological polar surface area (TPSA) is 170 Å². The van der Waals surface area contributed by atoms with Gasteiger partial charge in [0.15, 0.2) is 11.1 Å². The number of hydrogen-bond donors (Lipinski definition) is 2. The van der Waals surface area contributed by atoms with Gasteiger partial charge in [-0.15, -0.1) is 11.8 Å². The van der Waals surface area contributed by atoms with Gasteiger partial charge in [0.25, 0.3) is 11.8 Å². The van der Waals surface area contributed by atoms with Gasteiger partial charge in [-0.05, 0) is 0 Å². The zero-order valence-corrected chi connectivity index (χ0v) is 16.1. The van der Waals surface area contributed by atoms with Crippen LogP contribution in [0.3, 0.4) is 0 Å². The van der Waals surface area contributed by atoms with Crippen LogP contribution in [-0.4, -0.2) is 68.5 Å². The predicted molar refractivity (Wildman–Crippen MR) is 97.1 cm³/mol. The molecule has 1 saturated heterocycles. The van der Waals surface area contributed by atoms with Gasteiger partial charge in [0.05, 0.1) is 18.9 Å². The number of β-lactam (4-membered cyclic amide) rings is 1. The summed E-state index contributed by atoms with van der Waals surface area (Å²) in [5.74, 6) is -1.46. The van der Waals surface area contributed by atoms with Gasteiger partial charge in [-0.1, -0.05) is 5.16 Å². The van der Waals surface area contributed by atoms with E-state index in [0.717, 1.165) is 39.3 Å². The summed E-state index contributed by atoms with van der Waals surface area (Å²) in [4.78, 5) is 46.6. The molecule has 2 amide bonds. The molecule has 0 saturated carbocycles. The summed E-state index contributed by atoms with van der Waals surface area (Å²) in [6.07, 6.45) is -0.615. The number of nitrogens with zero attached hydrogens (tertiary/aromatic N) is 5. The Bertz CT molecular complexity index is 871. The second kappa shape index (κ2) is 7.89. The first-order valence-electron chi connectivity index (χ1n) is 7.52. The lowest BCUT2D eigenvalue weighted by Gasteiger charge is -2.46. The highest BCUT2D eigenvalue weighted by Crippen LogP contribution is 2.46. The van der Waals surface area contributed by atoms with Crippen LogP contribution in [-0.2, 0) is 23.9 Å². The van der Waals surface area contributed by atoms with Gasteiger partial charge < -0.3 is 25.2 Å². The number of carbonyl (C=O) groups excluding carboxylic acids is 2. The molecule has 28 heavy (non-hydrogen) atoms. The van der Waals surface area contributed by atoms with Crippen LogP contribution in [0.5, 0.6) is 0 Å². The number of nitrogen functional groups attached to an aromatic ring is 1. The van der Waals surface area contributed by atoms with Gasteiger partial charge in [-0.3, -0.25) is 19.4 Å². The monoisotopic (exact) mass is 430 g/mol. The van der Waals surface area contributed by atoms with Gasteiger partial charge in [-0.25, -0.2) is 4.79 Å². The van der Waals surface area contributed by atoms with E-state index in [9.17, 15) is 14.4 Å². The Morgan fingerprint density at radius 2 is 2.21 bits per heavy atom. The molecule has 2 atom stereocenters. The van der Waals surface area contributed by atoms with E-state index >= 15 is 0 Å². The molecule has 0 bridgehead atoms. The molecule has 1 aromatic rings. The minimum atomic E-state index is -1.64. The van der Waals surface area contributed by atoms with Crippen molar-refractivity contribution in [2.45, 2.75) is 17.2 Å². The smallest absolute Gasteiger partial charge is 0.493 e. The highest BCUT2D eigenvalue weighted by molar-refractivity contribution is 8.01. The number of thioether (sulfide) groups is 1. The SMILES string of the molecule is CON=CC(=O)N(c1nsc(N)n1)C1S[C@H]2CC(=O)N2C(OC(=O)O)=C1OC. The van der Waals surface area contributed by atoms with Crippen LogP contribution in [0.4, 0.5) is 15.9 Å². The fraction of sp³-hybridized carbons (Fsp3) is 0.385. The minimum absolute atomic E-state index is 0.0455. The number of hydrogen-bond acceptors (Lipinski definition) is 12. The number of oxime groups is 1. The average Bonchev–Trinajstić information content (AvgIpc) is 3.04. The number of methoxy groups -OCH3 is 1. The lowest BCUT2D eigenvalue weighted by atomic mass is 10.2. The summed E-state index contributed by atoms with van der Waals surface area (Å²) in [5.41, 5.74) is 5.63. The molecule has 0 aromatic carbocycles. The molecular formula is C13H14N6O7S2. The zero-order chi connectivity index (χ0) is 20.4. The number of carbonyl (C=O) groups is 3. The number of ether oxygens (including phenoxy) is 2. The quantitative estimate of drug-likeness (QED) is 0.274. The van der Waals surface area contributed by atoms with Gasteiger partial charge in [0, 0.05) is 11.5 Å². The molecule has 1 aromatic heterocycles. The van der Waals surface area contributed by atoms with Crippen molar-refractivity contribution in [3.63, 3.8) is 0 Å². The molecule has 0 aliphatic carbocycles. The standard InChI is InChI=1S/C13H14N6O7S2/c1-24-8-9(26-13(22)23)18-5(20)3-7(18)27-10(8)19(6(21)4-15-25-2)12-16-11(14)28-17-12/h4,7,10H,3H2,1-2H3,(H,22,23)(H2,14,16,17)/t7-,10?/m0/s1. The third kappa shape index (κ3) is 3.53. The van der Waals surface area contributed by atoms with Gasteiger partial charge in [0.1, 0.15) is 13.3 Å². The molecule has 13 nitrogen and oxygen atoms in total. The fourth-order valence-corrected chi connectivity index (χ4v) is 4.47. The van der Waals surface area contributed by atoms with Crippen LogP contribution in [0, 0.1) is 0 Å². The first-order chi connectivity index (χ1) is 13.4. The summed E-state index contributed by atoms with van der Waals surface area (Å²) in [6, 6.07) is 0. The molecule has 1 unspecified atom stereocenters. The van der Waals surface area contributed by atoms with Crippen molar-refractivity contribution in [3.05, 3.63) is 11.6 Å². The highest BCUT2D eigenvalue weighted by atomic mass is 32.2. The largest absolute Gasteiger partial charge is 0.512 e. The molecule has 2 aliphatic heterocycles. The number of anilines is 2. The van der Waals surface area contributed by atoms with Crippen LogP contribution in [0.25, 0.3) is 0 Å². The summed E-state index contributed by atoms with van der Waals surface area (Å²) in [5, 5.41) is 11.2. The predicted octanol–water partition coefficient (Wildman–Crippen LogP) is 0.227. The van der Waals surface area contributed by atoms with Crippen LogP contribution < -0.4 is 10.6 Å². The van der Waals surface area contributed by atoms with E-state index in [1.54, 1.807) is 0 Å². The third-order valence-electron chi connectivity index (χ3n) is 3.64. The van der Waals surface area contributed by atoms with E-state index in [1.165, 1.54) is 14.2 Å². The zero-order valence-electron chi connectivity index (χ0n) is 14.5. The van der Waals surface area contributed by atoms with E-state index in [0.29, 0.717) is 0 Å². The number of amides is 2. The molecule has 15 heteroatoms. The molecule has 2 aliphatic rings. The maximum Gasteiger partial charge on any atom is 0.512 e. The Hall–Kier alpha value is -3.07. The number of carboxylic acid groups (broad SMARTS) is 1. The number of nitrogens with two attached hydrogens (primary N) is 1. The van der Waals surface area contributed by atoms with Crippen molar-refractivity contribution in [2.24, 2.45) is 5.16 Å². The number of fused-ring (bicyclic) bond motifs is 1. The maximum atomic E-state index is 12.7. The molecular weight excluding hydrogens is 416 g/mol. The second-order valence-corrected chi connectivity index (χ2v) is 7.26. The number of rotatable bonds is 6. The van der Waals surface area contributed by atoms with E-state index in [2.05, 4.69) is 19.4 Å². The van der Waals surface area contributed by atoms with Crippen molar-refractivity contribution in [2.75, 3.05) is 24.9 Å². The fourth-order valence-electron chi connectivity index (χ4n) is 2.53. The summed E-state index contributed by atoms with van der Waals surface area (Å²) >= 11 is 2.02. The number of aromatic nitrogens is 2. The summed E-state index contributed by atoms with van der Waals surface area (Å²) in [7, 11) is 2.52. The van der Waals surface area contributed by atoms with Crippen LogP contribution in [0.15, 0.2) is 16.8 Å². The Kier molecular flexibility index (Phi) is 5.55. The van der Waals surface area contributed by atoms with Crippen molar-refractivity contribution in [1.29, 1.82) is 0 Å². The van der Waals surface area contributed by atoms with Crippen molar-refractivity contribution in [1.82, 2.24) is 14.3 Å². The van der Waals surface area contributed by atoms with Crippen LogP contribution >= 0.6 is 23.3 Å². The molecule has 0 spiro atoms. The Morgan fingerprint density at radius 1 is 1.46 bits per heavy atom. The minimum Gasteiger partial charge on any atom is -0.493 e. The Morgan fingerprint density at radius 3 is 2.75 bits per heavy atom. The van der Waals surface area contributed by atoms with Gasteiger partial charge in [0.2, 0.25) is 17.0 Å². The molecule has 3 rings (SSSR count). The molecule has 3 heterocycles. The summed E-state index contributed by atoms with van der Waals surface area (Å²) < 4.78 is 14.1. The van der Waals surface area contributed by atoms with E-state index in [-0.39, 0.29) is 35.1 Å². The van der Waals surface area contributed by atoms with Crippen LogP contribution in [0.1, 0.15) is 6.42 Å². The van der Waals surface area contributed by atoms with Crippen molar-refractivity contribution >= 4 is 58.6 Å². The van der Waals surface area contributed by atoms with E-state index in [1.807, 2.05) is 0 Å². The van der Waals surface area contributed by atoms with Crippen molar-refractivity contribution < 1.29 is 33.8 Å². The molecule has 0 radical (unpaired) electrons. The lowest BCUT2D eigenvalue weighted by molar-refractivity contribution is -0.142. The van der Waals surface area contributed by atoms with Crippen LogP contribution in [0.2, 0.25) is 0 Å². The van der Waals surface area contributed by atoms with E-state index in [4.69, 9.17) is 20.3 Å². The lowest BCUT2D eigenvalue weighted by Crippen LogP contribution is -2.57. The molecule has 150 valence electrons. The second-order valence-electron chi connectivity index (χ2n) is 5.21. The average molecular weight is 430 g/mol. The van der Waals surface area contributed by atoms with E-state index < -0.39 is 22.8 Å². The Balaban J connectivity index is 2.09. The third-order valence-corrected chi connectivity index (χ3v) is 5.54. The van der Waals surface area contributed by atoms with Gasteiger partial charge in [-0.2, -0.15) is 9.36 Å². The molecule has 1 fully saturated rings. The Labute approximate surface area is 165 Å². The highest BCUT2D eigenvalue weighted by Gasteiger charge is 2.52.